The van der Waals surface area contributed by atoms with E-state index in [1.165, 1.54) is 18.4 Å². The zero-order valence-electron chi connectivity index (χ0n) is 26.6. The molecule has 1 aromatic carbocycles. The highest BCUT2D eigenvalue weighted by atomic mass is 35.5. The van der Waals surface area contributed by atoms with Crippen LogP contribution in [0.3, 0.4) is 0 Å². The molecule has 1 N–H and O–H groups in total. The molecule has 0 amide bonds. The molecule has 4 atom stereocenters. The first-order valence-corrected chi connectivity index (χ1v) is 19.6. The van der Waals surface area contributed by atoms with E-state index in [9.17, 15) is 0 Å². The maximum absolute atomic E-state index is 15.8. The van der Waals surface area contributed by atoms with Crippen LogP contribution in [0.1, 0.15) is 92.8 Å². The fourth-order valence-corrected chi connectivity index (χ4v) is 8.51. The van der Waals surface area contributed by atoms with Gasteiger partial charge in [-0.1, -0.05) is 50.6 Å². The number of imidazole rings is 1. The van der Waals surface area contributed by atoms with E-state index in [1.807, 2.05) is 24.3 Å². The van der Waals surface area contributed by atoms with Crippen molar-refractivity contribution >= 4 is 42.3 Å². The fraction of sp³-hybridized carbons (Fsp3) is 0.444. The highest BCUT2D eigenvalue weighted by Gasteiger charge is 2.45. The molecule has 6 nitrogen and oxygen atoms in total. The van der Waals surface area contributed by atoms with Gasteiger partial charge in [0.1, 0.15) is 11.5 Å². The van der Waals surface area contributed by atoms with Gasteiger partial charge in [-0.15, -0.1) is 0 Å². The molecule has 1 saturated heterocycles. The molecule has 2 aliphatic carbocycles. The average molecular weight is 642 g/mol. The molecule has 5 heterocycles. The van der Waals surface area contributed by atoms with E-state index in [0.29, 0.717) is 28.6 Å². The number of rotatable bonds is 7. The Morgan fingerprint density at radius 1 is 1.02 bits per heavy atom. The summed E-state index contributed by atoms with van der Waals surface area (Å²) in [4.78, 5) is 15.7. The maximum atomic E-state index is 15.8. The fourth-order valence-electron chi connectivity index (χ4n) is 6.96. The third kappa shape index (κ3) is 5.28. The van der Waals surface area contributed by atoms with Crippen molar-refractivity contribution in [1.82, 2.24) is 19.4 Å². The number of aromatic nitrogens is 4. The van der Waals surface area contributed by atoms with Crippen molar-refractivity contribution in [2.24, 2.45) is 0 Å². The van der Waals surface area contributed by atoms with Crippen LogP contribution in [-0.2, 0) is 4.43 Å². The summed E-state index contributed by atoms with van der Waals surface area (Å²) in [5.41, 5.74) is 5.97. The first-order valence-electron chi connectivity index (χ1n) is 16.3. The molecule has 4 aromatic heterocycles. The molecule has 2 saturated carbocycles. The minimum absolute atomic E-state index is 0.00362. The number of halogens is 2. The molecule has 0 unspecified atom stereocenters. The Bertz CT molecular complexity index is 1920. The monoisotopic (exact) mass is 641 g/mol. The second kappa shape index (κ2) is 10.4. The molecule has 234 valence electrons. The predicted octanol–water partition coefficient (Wildman–Crippen LogP) is 9.49. The first-order chi connectivity index (χ1) is 21.4. The lowest BCUT2D eigenvalue weighted by molar-refractivity contribution is 0.198. The van der Waals surface area contributed by atoms with E-state index in [-0.39, 0.29) is 34.8 Å². The number of aromatic amines is 1. The van der Waals surface area contributed by atoms with Gasteiger partial charge in [0.2, 0.25) is 0 Å². The predicted molar refractivity (Wildman–Crippen MR) is 182 cm³/mol. The molecular formula is C36H41ClFN5OSi. The van der Waals surface area contributed by atoms with E-state index in [1.54, 1.807) is 6.20 Å². The van der Waals surface area contributed by atoms with E-state index >= 15 is 4.39 Å². The van der Waals surface area contributed by atoms with E-state index in [2.05, 4.69) is 78.7 Å². The Balaban J connectivity index is 1.12. The zero-order chi connectivity index (χ0) is 31.2. The van der Waals surface area contributed by atoms with Crippen molar-refractivity contribution in [1.29, 1.82) is 0 Å². The van der Waals surface area contributed by atoms with Crippen molar-refractivity contribution in [3.05, 3.63) is 94.4 Å². The third-order valence-electron chi connectivity index (χ3n) is 10.8. The Kier molecular flexibility index (Phi) is 6.76. The van der Waals surface area contributed by atoms with Crippen LogP contribution in [0.15, 0.2) is 61.1 Å². The van der Waals surface area contributed by atoms with Gasteiger partial charge in [0.25, 0.3) is 0 Å². The van der Waals surface area contributed by atoms with Gasteiger partial charge in [0.05, 0.1) is 34.4 Å². The number of hydrogen-bond donors (Lipinski definition) is 1. The average Bonchev–Trinajstić information content (AvgIpc) is 3.88. The summed E-state index contributed by atoms with van der Waals surface area (Å²) in [5.74, 6) is 1.69. The van der Waals surface area contributed by atoms with Crippen LogP contribution in [0.25, 0.3) is 16.6 Å². The smallest absolute Gasteiger partial charge is 0.192 e. The van der Waals surface area contributed by atoms with Crippen LogP contribution in [0.5, 0.6) is 0 Å². The summed E-state index contributed by atoms with van der Waals surface area (Å²) >= 11 is 6.25. The standard InChI is InChI=1S/C36H41ClFN5OSi/c1-36(2,3)45(4,5)44-25-14-31(30-20-42-18-23(21-9-10-21)11-12-32(42)40-30)43(19-25)33-16-29-28(17-39-33)34(38)35(41-29)27-15-26(27)22-7-6-8-24(37)13-22/h6-8,11-13,16-18,20-21,25-27,31,41H,9-10,14-15,19H2,1-5H3/t25-,26+,27-,31+/m0/s1. The van der Waals surface area contributed by atoms with Crippen molar-refractivity contribution in [2.75, 3.05) is 11.4 Å². The van der Waals surface area contributed by atoms with Crippen molar-refractivity contribution in [3.63, 3.8) is 0 Å². The highest BCUT2D eigenvalue weighted by molar-refractivity contribution is 6.74. The normalized spacial score (nSPS) is 23.8. The van der Waals surface area contributed by atoms with Crippen LogP contribution in [-0.4, -0.2) is 40.3 Å². The molecule has 5 aromatic rings. The number of hydrogen-bond acceptors (Lipinski definition) is 4. The summed E-state index contributed by atoms with van der Waals surface area (Å²) < 4.78 is 24.9. The quantitative estimate of drug-likeness (QED) is 0.180. The summed E-state index contributed by atoms with van der Waals surface area (Å²) in [6, 6.07) is 14.3. The minimum atomic E-state index is -2.00. The topological polar surface area (TPSA) is 58.5 Å². The molecule has 9 heteroatoms. The van der Waals surface area contributed by atoms with E-state index in [0.717, 1.165) is 41.1 Å². The number of nitrogens with one attached hydrogen (secondary N) is 1. The SMILES string of the molecule is CC(C)(C)[Si](C)(C)O[C@H]1C[C@H](c2cn3cc(C4CC4)ccc3n2)N(c2cc3[nH]c([C@H]4C[C@@H]4c4cccc(Cl)c4)c(F)c3cn2)C1. The number of fused-ring (bicyclic) bond motifs is 2. The van der Waals surface area contributed by atoms with Crippen LogP contribution < -0.4 is 4.90 Å². The summed E-state index contributed by atoms with van der Waals surface area (Å²) in [7, 11) is -2.00. The maximum Gasteiger partial charge on any atom is 0.192 e. The van der Waals surface area contributed by atoms with E-state index in [4.69, 9.17) is 26.0 Å². The molecule has 0 spiro atoms. The van der Waals surface area contributed by atoms with Crippen molar-refractivity contribution in [2.45, 2.75) is 94.5 Å². The lowest BCUT2D eigenvalue weighted by atomic mass is 10.1. The molecule has 0 radical (unpaired) electrons. The molecule has 0 bridgehead atoms. The molecular weight excluding hydrogens is 601 g/mol. The second-order valence-corrected chi connectivity index (χ2v) is 20.2. The van der Waals surface area contributed by atoms with E-state index < -0.39 is 8.32 Å². The third-order valence-corrected chi connectivity index (χ3v) is 15.5. The first kappa shape index (κ1) is 29.2. The minimum Gasteiger partial charge on any atom is -0.412 e. The Labute approximate surface area is 270 Å². The van der Waals surface area contributed by atoms with Gasteiger partial charge < -0.3 is 18.7 Å². The van der Waals surface area contributed by atoms with Gasteiger partial charge in [0, 0.05) is 48.6 Å². The Hall–Kier alpha value is -3.20. The van der Waals surface area contributed by atoms with Crippen LogP contribution in [0.4, 0.5) is 10.2 Å². The number of pyridine rings is 2. The van der Waals surface area contributed by atoms with Crippen LogP contribution >= 0.6 is 11.6 Å². The summed E-state index contributed by atoms with van der Waals surface area (Å²) in [6.07, 6.45) is 10.5. The Morgan fingerprint density at radius 2 is 1.84 bits per heavy atom. The van der Waals surface area contributed by atoms with Crippen LogP contribution in [0, 0.1) is 5.82 Å². The van der Waals surface area contributed by atoms with Crippen molar-refractivity contribution < 1.29 is 8.82 Å². The van der Waals surface area contributed by atoms with Crippen molar-refractivity contribution in [3.8, 4) is 0 Å². The lowest BCUT2D eigenvalue weighted by Crippen LogP contribution is -2.44. The number of nitrogens with zero attached hydrogens (tertiary/aromatic N) is 4. The van der Waals surface area contributed by atoms with Gasteiger partial charge in [-0.2, -0.15) is 0 Å². The number of benzene rings is 1. The molecule has 8 rings (SSSR count). The van der Waals surface area contributed by atoms with Gasteiger partial charge in [0.15, 0.2) is 14.1 Å². The molecule has 45 heavy (non-hydrogen) atoms. The molecule has 3 fully saturated rings. The van der Waals surface area contributed by atoms with Gasteiger partial charge in [-0.05, 0) is 78.6 Å². The zero-order valence-corrected chi connectivity index (χ0v) is 28.4. The highest BCUT2D eigenvalue weighted by Crippen LogP contribution is 2.56. The van der Waals surface area contributed by atoms with Gasteiger partial charge in [-0.25, -0.2) is 14.4 Å². The molecule has 3 aliphatic rings. The number of anilines is 1. The summed E-state index contributed by atoms with van der Waals surface area (Å²) in [6.45, 7) is 12.2. The second-order valence-electron chi connectivity index (χ2n) is 15.0. The Morgan fingerprint density at radius 3 is 2.60 bits per heavy atom. The van der Waals surface area contributed by atoms with Gasteiger partial charge in [-0.3, -0.25) is 0 Å². The summed E-state index contributed by atoms with van der Waals surface area (Å²) in [5, 5.41) is 1.36. The number of H-pyrrole nitrogens is 1. The van der Waals surface area contributed by atoms with Gasteiger partial charge >= 0.3 is 0 Å². The largest absolute Gasteiger partial charge is 0.412 e. The lowest BCUT2D eigenvalue weighted by Gasteiger charge is -2.38. The van der Waals surface area contributed by atoms with Crippen LogP contribution in [0.2, 0.25) is 23.2 Å². The molecule has 1 aliphatic heterocycles.